The monoisotopic (exact) mass is 270 g/mol. The second-order valence-electron chi connectivity index (χ2n) is 3.82. The first kappa shape index (κ1) is 11.0. The second kappa shape index (κ2) is 5.52. The number of rotatable bonds is 3. The Kier molecular flexibility index (Phi) is 4.03. The van der Waals surface area contributed by atoms with E-state index >= 15 is 0 Å². The van der Waals surface area contributed by atoms with E-state index in [-0.39, 0.29) is 0 Å². The normalized spacial score (nSPS) is 17.7. The zero-order chi connectivity index (χ0) is 10.5. The molecule has 2 rings (SSSR count). The van der Waals surface area contributed by atoms with Gasteiger partial charge >= 0.3 is 0 Å². The van der Waals surface area contributed by atoms with Gasteiger partial charge in [-0.05, 0) is 43.0 Å². The lowest BCUT2D eigenvalue weighted by Crippen LogP contribution is -2.21. The van der Waals surface area contributed by atoms with Gasteiger partial charge in [0.15, 0.2) is 0 Å². The van der Waals surface area contributed by atoms with Gasteiger partial charge in [0.1, 0.15) is 5.75 Å². The predicted octanol–water partition coefficient (Wildman–Crippen LogP) is 3.25. The van der Waals surface area contributed by atoms with Crippen molar-refractivity contribution in [3.05, 3.63) is 28.7 Å². The van der Waals surface area contributed by atoms with Crippen LogP contribution in [0.3, 0.4) is 0 Å². The lowest BCUT2D eigenvalue weighted by atomic mass is 10.0. The Hall–Kier alpha value is -0.540. The first-order valence-electron chi connectivity index (χ1n) is 5.31. The van der Waals surface area contributed by atoms with E-state index in [0.717, 1.165) is 42.9 Å². The molecular formula is C12H15BrO2. The van der Waals surface area contributed by atoms with Crippen LogP contribution in [-0.2, 0) is 4.74 Å². The molecule has 82 valence electrons. The predicted molar refractivity (Wildman–Crippen MR) is 63.2 cm³/mol. The third-order valence-electron chi connectivity index (χ3n) is 2.64. The summed E-state index contributed by atoms with van der Waals surface area (Å²) < 4.78 is 12.1. The molecule has 0 unspecified atom stereocenters. The lowest BCUT2D eigenvalue weighted by Gasteiger charge is -2.22. The van der Waals surface area contributed by atoms with Gasteiger partial charge in [-0.2, -0.15) is 0 Å². The zero-order valence-corrected chi connectivity index (χ0v) is 10.2. The molecule has 1 aliphatic heterocycles. The molecule has 1 heterocycles. The van der Waals surface area contributed by atoms with Gasteiger partial charge in [0.05, 0.1) is 6.61 Å². The summed E-state index contributed by atoms with van der Waals surface area (Å²) in [5.41, 5.74) is 0. The maximum atomic E-state index is 5.72. The van der Waals surface area contributed by atoms with Crippen molar-refractivity contribution in [2.24, 2.45) is 5.92 Å². The van der Waals surface area contributed by atoms with Crippen molar-refractivity contribution in [3.8, 4) is 5.75 Å². The highest BCUT2D eigenvalue weighted by atomic mass is 79.9. The molecule has 1 saturated heterocycles. The van der Waals surface area contributed by atoms with Crippen molar-refractivity contribution in [1.82, 2.24) is 0 Å². The molecular weight excluding hydrogens is 256 g/mol. The van der Waals surface area contributed by atoms with Crippen LogP contribution in [0.4, 0.5) is 0 Å². The van der Waals surface area contributed by atoms with Gasteiger partial charge in [0.2, 0.25) is 0 Å². The number of hydrogen-bond acceptors (Lipinski definition) is 2. The Morgan fingerprint density at radius 3 is 2.53 bits per heavy atom. The van der Waals surface area contributed by atoms with Crippen LogP contribution in [0.25, 0.3) is 0 Å². The lowest BCUT2D eigenvalue weighted by molar-refractivity contribution is 0.0497. The molecule has 0 saturated carbocycles. The van der Waals surface area contributed by atoms with Crippen LogP contribution in [0.2, 0.25) is 0 Å². The van der Waals surface area contributed by atoms with E-state index in [2.05, 4.69) is 15.9 Å². The largest absolute Gasteiger partial charge is 0.493 e. The third kappa shape index (κ3) is 3.50. The summed E-state index contributed by atoms with van der Waals surface area (Å²) in [4.78, 5) is 0. The van der Waals surface area contributed by atoms with Crippen molar-refractivity contribution in [3.63, 3.8) is 0 Å². The summed E-state index contributed by atoms with van der Waals surface area (Å²) >= 11 is 3.40. The van der Waals surface area contributed by atoms with Crippen LogP contribution >= 0.6 is 15.9 Å². The van der Waals surface area contributed by atoms with Crippen LogP contribution in [0, 0.1) is 5.92 Å². The molecule has 0 atom stereocenters. The molecule has 1 aromatic carbocycles. The molecule has 0 spiro atoms. The Balaban J connectivity index is 1.79. The number of benzene rings is 1. The Bertz CT molecular complexity index is 291. The third-order valence-corrected chi connectivity index (χ3v) is 3.17. The summed E-state index contributed by atoms with van der Waals surface area (Å²) in [6.45, 7) is 2.58. The number of halogens is 1. The molecule has 1 aliphatic rings. The summed E-state index contributed by atoms with van der Waals surface area (Å²) in [6, 6.07) is 7.98. The summed E-state index contributed by atoms with van der Waals surface area (Å²) in [5.74, 6) is 1.60. The Morgan fingerprint density at radius 2 is 1.87 bits per heavy atom. The Labute approximate surface area is 98.7 Å². The highest BCUT2D eigenvalue weighted by Gasteiger charge is 2.14. The van der Waals surface area contributed by atoms with Gasteiger partial charge < -0.3 is 9.47 Å². The average Bonchev–Trinajstić information content (AvgIpc) is 2.30. The van der Waals surface area contributed by atoms with Gasteiger partial charge in [0.25, 0.3) is 0 Å². The zero-order valence-electron chi connectivity index (χ0n) is 8.62. The van der Waals surface area contributed by atoms with E-state index in [1.165, 1.54) is 0 Å². The van der Waals surface area contributed by atoms with Crippen LogP contribution < -0.4 is 4.74 Å². The summed E-state index contributed by atoms with van der Waals surface area (Å²) in [5, 5.41) is 0. The molecule has 2 nitrogen and oxygen atoms in total. The minimum Gasteiger partial charge on any atom is -0.493 e. The number of hydrogen-bond donors (Lipinski definition) is 0. The maximum Gasteiger partial charge on any atom is 0.119 e. The minimum absolute atomic E-state index is 0.655. The fraction of sp³-hybridized carbons (Fsp3) is 0.500. The molecule has 3 heteroatoms. The average molecular weight is 271 g/mol. The number of ether oxygens (including phenoxy) is 2. The molecule has 0 amide bonds. The van der Waals surface area contributed by atoms with Crippen molar-refractivity contribution >= 4 is 15.9 Å². The maximum absolute atomic E-state index is 5.72. The second-order valence-corrected chi connectivity index (χ2v) is 4.74. The highest BCUT2D eigenvalue weighted by Crippen LogP contribution is 2.19. The van der Waals surface area contributed by atoms with E-state index in [1.54, 1.807) is 0 Å². The van der Waals surface area contributed by atoms with Gasteiger partial charge in [-0.1, -0.05) is 15.9 Å². The molecule has 0 N–H and O–H groups in total. The standard InChI is InChI=1S/C12H15BrO2/c13-11-1-3-12(4-2-11)15-9-10-5-7-14-8-6-10/h1-4,10H,5-9H2. The van der Waals surface area contributed by atoms with Crippen LogP contribution in [-0.4, -0.2) is 19.8 Å². The van der Waals surface area contributed by atoms with Crippen molar-refractivity contribution in [1.29, 1.82) is 0 Å². The minimum atomic E-state index is 0.655. The quantitative estimate of drug-likeness (QED) is 0.840. The highest BCUT2D eigenvalue weighted by molar-refractivity contribution is 9.10. The molecule has 0 aliphatic carbocycles. The van der Waals surface area contributed by atoms with E-state index in [4.69, 9.17) is 9.47 Å². The van der Waals surface area contributed by atoms with Gasteiger partial charge in [-0.25, -0.2) is 0 Å². The summed E-state index contributed by atoms with van der Waals surface area (Å²) in [6.07, 6.45) is 2.24. The molecule has 0 aromatic heterocycles. The van der Waals surface area contributed by atoms with E-state index in [9.17, 15) is 0 Å². The molecule has 1 aromatic rings. The van der Waals surface area contributed by atoms with Crippen LogP contribution in [0.15, 0.2) is 28.7 Å². The molecule has 0 bridgehead atoms. The van der Waals surface area contributed by atoms with Gasteiger partial charge in [-0.3, -0.25) is 0 Å². The Morgan fingerprint density at radius 1 is 1.20 bits per heavy atom. The van der Waals surface area contributed by atoms with E-state index in [1.807, 2.05) is 24.3 Å². The van der Waals surface area contributed by atoms with Crippen LogP contribution in [0.1, 0.15) is 12.8 Å². The fourth-order valence-corrected chi connectivity index (χ4v) is 1.92. The summed E-state index contributed by atoms with van der Waals surface area (Å²) in [7, 11) is 0. The van der Waals surface area contributed by atoms with Crippen molar-refractivity contribution < 1.29 is 9.47 Å². The molecule has 15 heavy (non-hydrogen) atoms. The molecule has 1 fully saturated rings. The van der Waals surface area contributed by atoms with E-state index < -0.39 is 0 Å². The van der Waals surface area contributed by atoms with Crippen molar-refractivity contribution in [2.45, 2.75) is 12.8 Å². The topological polar surface area (TPSA) is 18.5 Å². The van der Waals surface area contributed by atoms with E-state index in [0.29, 0.717) is 5.92 Å². The first-order chi connectivity index (χ1) is 7.34. The van der Waals surface area contributed by atoms with Crippen LogP contribution in [0.5, 0.6) is 5.75 Å². The first-order valence-corrected chi connectivity index (χ1v) is 6.10. The fourth-order valence-electron chi connectivity index (χ4n) is 1.66. The van der Waals surface area contributed by atoms with Crippen molar-refractivity contribution in [2.75, 3.05) is 19.8 Å². The van der Waals surface area contributed by atoms with Gasteiger partial charge in [-0.15, -0.1) is 0 Å². The van der Waals surface area contributed by atoms with Gasteiger partial charge in [0, 0.05) is 17.7 Å². The smallest absolute Gasteiger partial charge is 0.119 e. The molecule has 0 radical (unpaired) electrons. The SMILES string of the molecule is Brc1ccc(OCC2CCOCC2)cc1.